The first-order valence-electron chi connectivity index (χ1n) is 5.64. The molecule has 1 heterocycles. The van der Waals surface area contributed by atoms with Gasteiger partial charge >= 0.3 is 5.97 Å². The minimum absolute atomic E-state index is 0.0385. The van der Waals surface area contributed by atoms with E-state index in [-0.39, 0.29) is 12.3 Å². The van der Waals surface area contributed by atoms with Crippen LogP contribution >= 0.6 is 0 Å². The molecular weight excluding hydrogens is 224 g/mol. The van der Waals surface area contributed by atoms with Gasteiger partial charge in [-0.1, -0.05) is 12.1 Å². The van der Waals surface area contributed by atoms with Crippen molar-refractivity contribution in [2.24, 2.45) is 0 Å². The molecule has 0 bridgehead atoms. The van der Waals surface area contributed by atoms with Crippen molar-refractivity contribution in [3.8, 4) is 0 Å². The molecule has 0 fully saturated rings. The van der Waals surface area contributed by atoms with Crippen LogP contribution in [0.15, 0.2) is 6.20 Å². The third kappa shape index (κ3) is 4.49. The van der Waals surface area contributed by atoms with Crippen LogP contribution in [-0.2, 0) is 6.54 Å². The molecule has 17 heavy (non-hydrogen) atoms. The summed E-state index contributed by atoms with van der Waals surface area (Å²) in [6.07, 6.45) is 2.16. The first-order valence-corrected chi connectivity index (χ1v) is 5.64. The lowest BCUT2D eigenvalue weighted by molar-refractivity contribution is 0.0690. The van der Waals surface area contributed by atoms with Crippen LogP contribution in [-0.4, -0.2) is 62.3 Å². The van der Waals surface area contributed by atoms with Gasteiger partial charge in [0.15, 0.2) is 5.69 Å². The van der Waals surface area contributed by atoms with E-state index in [0.29, 0.717) is 6.54 Å². The maximum absolute atomic E-state index is 10.6. The van der Waals surface area contributed by atoms with E-state index in [1.165, 1.54) is 10.9 Å². The largest absolute Gasteiger partial charge is 0.476 e. The highest BCUT2D eigenvalue weighted by molar-refractivity contribution is 5.84. The van der Waals surface area contributed by atoms with Gasteiger partial charge in [-0.15, -0.1) is 5.10 Å². The number of hydrogen-bond donors (Lipinski definition) is 2. The minimum atomic E-state index is -1.07. The highest BCUT2D eigenvalue weighted by Gasteiger charge is 2.08. The van der Waals surface area contributed by atoms with E-state index >= 15 is 0 Å². The Morgan fingerprint density at radius 1 is 1.53 bits per heavy atom. The topological polar surface area (TPSA) is 91.5 Å². The number of aromatic carboxylic acids is 1. The fourth-order valence-electron chi connectivity index (χ4n) is 1.47. The summed E-state index contributed by atoms with van der Waals surface area (Å²) in [6, 6.07) is 0. The molecule has 7 nitrogen and oxygen atoms in total. The van der Waals surface area contributed by atoms with Crippen molar-refractivity contribution in [1.82, 2.24) is 19.9 Å². The van der Waals surface area contributed by atoms with Gasteiger partial charge in [0.05, 0.1) is 12.7 Å². The van der Waals surface area contributed by atoms with E-state index in [1.807, 2.05) is 6.92 Å². The van der Waals surface area contributed by atoms with E-state index in [4.69, 9.17) is 10.2 Å². The van der Waals surface area contributed by atoms with E-state index in [2.05, 4.69) is 15.2 Å². The molecular formula is C10H18N4O3. The number of rotatable bonds is 8. The number of carbonyl (C=O) groups is 1. The van der Waals surface area contributed by atoms with Crippen LogP contribution in [0.1, 0.15) is 23.8 Å². The van der Waals surface area contributed by atoms with E-state index < -0.39 is 5.97 Å². The Morgan fingerprint density at radius 3 is 2.82 bits per heavy atom. The zero-order chi connectivity index (χ0) is 12.7. The zero-order valence-electron chi connectivity index (χ0n) is 9.91. The average molecular weight is 242 g/mol. The quantitative estimate of drug-likeness (QED) is 0.649. The molecule has 0 unspecified atom stereocenters. The summed E-state index contributed by atoms with van der Waals surface area (Å²) in [5.74, 6) is -1.07. The van der Waals surface area contributed by atoms with Crippen molar-refractivity contribution < 1.29 is 15.0 Å². The third-order valence-electron chi connectivity index (χ3n) is 2.48. The molecule has 0 saturated heterocycles. The van der Waals surface area contributed by atoms with Crippen LogP contribution in [0.4, 0.5) is 0 Å². The van der Waals surface area contributed by atoms with Gasteiger partial charge in [0.2, 0.25) is 0 Å². The van der Waals surface area contributed by atoms with Gasteiger partial charge in [-0.3, -0.25) is 4.68 Å². The minimum Gasteiger partial charge on any atom is -0.476 e. The van der Waals surface area contributed by atoms with Gasteiger partial charge in [0, 0.05) is 19.7 Å². The molecule has 1 aromatic rings. The number of aliphatic hydroxyl groups is 1. The second kappa shape index (κ2) is 6.97. The number of hydrogen-bond acceptors (Lipinski definition) is 5. The predicted molar refractivity (Wildman–Crippen MR) is 60.8 cm³/mol. The first kappa shape index (κ1) is 13.6. The predicted octanol–water partition coefficient (Wildman–Crippen LogP) is -0.319. The van der Waals surface area contributed by atoms with Crippen molar-refractivity contribution in [2.75, 3.05) is 26.2 Å². The summed E-state index contributed by atoms with van der Waals surface area (Å²) >= 11 is 0. The molecule has 0 amide bonds. The van der Waals surface area contributed by atoms with Gasteiger partial charge in [-0.2, -0.15) is 0 Å². The Labute approximate surface area is 99.7 Å². The number of aliphatic hydroxyl groups excluding tert-OH is 1. The second-order valence-electron chi connectivity index (χ2n) is 3.68. The van der Waals surface area contributed by atoms with Gasteiger partial charge < -0.3 is 15.1 Å². The standard InChI is InChI=1S/C10H18N4O3/c1-2-13(4-3-7-15)5-6-14-8-9(10(16)17)11-12-14/h8,15H,2-7H2,1H3,(H,16,17). The summed E-state index contributed by atoms with van der Waals surface area (Å²) in [7, 11) is 0. The van der Waals surface area contributed by atoms with Gasteiger partial charge in [0.25, 0.3) is 0 Å². The molecule has 7 heteroatoms. The lowest BCUT2D eigenvalue weighted by Crippen LogP contribution is -2.29. The summed E-state index contributed by atoms with van der Waals surface area (Å²) < 4.78 is 1.52. The number of nitrogens with zero attached hydrogens (tertiary/aromatic N) is 4. The molecule has 0 radical (unpaired) electrons. The van der Waals surface area contributed by atoms with Crippen molar-refractivity contribution in [3.63, 3.8) is 0 Å². The Kier molecular flexibility index (Phi) is 5.58. The summed E-state index contributed by atoms with van der Waals surface area (Å²) in [5, 5.41) is 24.7. The van der Waals surface area contributed by atoms with Crippen LogP contribution in [0, 0.1) is 0 Å². The molecule has 96 valence electrons. The Balaban J connectivity index is 2.39. The van der Waals surface area contributed by atoms with Crippen LogP contribution in [0.3, 0.4) is 0 Å². The van der Waals surface area contributed by atoms with Crippen LogP contribution < -0.4 is 0 Å². The van der Waals surface area contributed by atoms with E-state index in [1.54, 1.807) is 0 Å². The first-order chi connectivity index (χ1) is 8.17. The fraction of sp³-hybridized carbons (Fsp3) is 0.700. The van der Waals surface area contributed by atoms with Crippen molar-refractivity contribution in [2.45, 2.75) is 19.9 Å². The average Bonchev–Trinajstić information content (AvgIpc) is 2.78. The van der Waals surface area contributed by atoms with Gasteiger partial charge in [-0.05, 0) is 13.0 Å². The number of carboxylic acids is 1. The normalized spacial score (nSPS) is 11.0. The van der Waals surface area contributed by atoms with Crippen molar-refractivity contribution in [1.29, 1.82) is 0 Å². The monoisotopic (exact) mass is 242 g/mol. The molecule has 0 aliphatic carbocycles. The molecule has 1 aromatic heterocycles. The fourth-order valence-corrected chi connectivity index (χ4v) is 1.47. The van der Waals surface area contributed by atoms with Crippen LogP contribution in [0.25, 0.3) is 0 Å². The summed E-state index contributed by atoms with van der Waals surface area (Å²) in [4.78, 5) is 12.8. The molecule has 2 N–H and O–H groups in total. The van der Waals surface area contributed by atoms with E-state index in [9.17, 15) is 4.79 Å². The summed E-state index contributed by atoms with van der Waals surface area (Å²) in [5.41, 5.74) is -0.0385. The van der Waals surface area contributed by atoms with Gasteiger partial charge in [-0.25, -0.2) is 4.79 Å². The smallest absolute Gasteiger partial charge is 0.358 e. The maximum atomic E-state index is 10.6. The molecule has 0 spiro atoms. The Morgan fingerprint density at radius 2 is 2.29 bits per heavy atom. The SMILES string of the molecule is CCN(CCCO)CCn1cc(C(=O)O)nn1. The summed E-state index contributed by atoms with van der Waals surface area (Å²) in [6.45, 7) is 5.30. The molecule has 0 aliphatic rings. The zero-order valence-corrected chi connectivity index (χ0v) is 9.91. The van der Waals surface area contributed by atoms with Crippen molar-refractivity contribution in [3.05, 3.63) is 11.9 Å². The maximum Gasteiger partial charge on any atom is 0.358 e. The van der Waals surface area contributed by atoms with Crippen LogP contribution in [0.5, 0.6) is 0 Å². The van der Waals surface area contributed by atoms with Gasteiger partial charge in [0.1, 0.15) is 0 Å². The molecule has 0 aromatic carbocycles. The Hall–Kier alpha value is -1.47. The lowest BCUT2D eigenvalue weighted by atomic mass is 10.4. The highest BCUT2D eigenvalue weighted by atomic mass is 16.4. The number of likely N-dealkylation sites (N-methyl/N-ethyl adjacent to an activating group) is 1. The molecule has 0 atom stereocenters. The number of aromatic nitrogens is 3. The second-order valence-corrected chi connectivity index (χ2v) is 3.68. The molecule has 1 rings (SSSR count). The van der Waals surface area contributed by atoms with Crippen molar-refractivity contribution >= 4 is 5.97 Å². The Bertz CT molecular complexity index is 353. The lowest BCUT2D eigenvalue weighted by Gasteiger charge is -2.19. The third-order valence-corrected chi connectivity index (χ3v) is 2.48. The van der Waals surface area contributed by atoms with E-state index in [0.717, 1.165) is 26.1 Å². The number of carboxylic acid groups (broad SMARTS) is 1. The van der Waals surface area contributed by atoms with Crippen LogP contribution in [0.2, 0.25) is 0 Å². The highest BCUT2D eigenvalue weighted by Crippen LogP contribution is 1.96. The molecule has 0 aliphatic heterocycles. The molecule has 0 saturated carbocycles.